The number of carbonyl (C=O) groups is 1. The Morgan fingerprint density at radius 2 is 2.00 bits per heavy atom. The highest BCUT2D eigenvalue weighted by atomic mass is 79.9. The fourth-order valence-electron chi connectivity index (χ4n) is 3.29. The second kappa shape index (κ2) is 9.13. The fraction of sp³-hybridized carbons (Fsp3) is 0.211. The van der Waals surface area contributed by atoms with Crippen molar-refractivity contribution < 1.29 is 13.2 Å². The van der Waals surface area contributed by atoms with Gasteiger partial charge in [0.1, 0.15) is 15.9 Å². The van der Waals surface area contributed by atoms with Crippen LogP contribution < -0.4 is 5.32 Å². The molecule has 0 saturated carbocycles. The van der Waals surface area contributed by atoms with E-state index in [9.17, 15) is 13.2 Å². The second-order valence-corrected chi connectivity index (χ2v) is 11.4. The van der Waals surface area contributed by atoms with Gasteiger partial charge in [-0.2, -0.15) is 4.31 Å². The van der Waals surface area contributed by atoms with E-state index in [0.717, 1.165) is 14.3 Å². The number of hydrogen-bond acceptors (Lipinski definition) is 6. The predicted molar refractivity (Wildman–Crippen MR) is 125 cm³/mol. The Labute approximate surface area is 201 Å². The summed E-state index contributed by atoms with van der Waals surface area (Å²) in [6.07, 6.45) is 0.940. The average molecular weight is 562 g/mol. The van der Waals surface area contributed by atoms with Gasteiger partial charge in [0.05, 0.1) is 5.02 Å². The first-order valence-electron chi connectivity index (χ1n) is 9.13. The molecule has 3 aromatic rings. The van der Waals surface area contributed by atoms with Crippen molar-refractivity contribution in [2.24, 2.45) is 0 Å². The Bertz CT molecular complexity index is 1250. The van der Waals surface area contributed by atoms with Gasteiger partial charge in [0.2, 0.25) is 21.1 Å². The largest absolute Gasteiger partial charge is 0.299 e. The molecule has 0 spiro atoms. The summed E-state index contributed by atoms with van der Waals surface area (Å²) in [6.45, 7) is 0.211. The number of benzene rings is 2. The van der Waals surface area contributed by atoms with Gasteiger partial charge < -0.3 is 0 Å². The normalized spacial score (nSPS) is 17.1. The zero-order valence-electron chi connectivity index (χ0n) is 15.8. The summed E-state index contributed by atoms with van der Waals surface area (Å²) < 4.78 is 28.4. The summed E-state index contributed by atoms with van der Waals surface area (Å²) in [5.41, 5.74) is 0.855. The summed E-state index contributed by atoms with van der Waals surface area (Å²) in [5.74, 6) is -0.462. The molecule has 0 aliphatic carbocycles. The number of hydrogen-bond donors (Lipinski definition) is 1. The van der Waals surface area contributed by atoms with E-state index in [1.165, 1.54) is 29.5 Å². The van der Waals surface area contributed by atoms with E-state index in [1.54, 1.807) is 0 Å². The summed E-state index contributed by atoms with van der Waals surface area (Å²) in [6, 6.07) is 10.9. The minimum Gasteiger partial charge on any atom is -0.299 e. The topological polar surface area (TPSA) is 92.3 Å². The number of sulfonamides is 1. The molecule has 31 heavy (non-hydrogen) atoms. The molecule has 1 amide bonds. The van der Waals surface area contributed by atoms with E-state index < -0.39 is 22.0 Å². The highest BCUT2D eigenvalue weighted by Gasteiger charge is 2.40. The Morgan fingerprint density at radius 3 is 2.77 bits per heavy atom. The number of aromatic nitrogens is 2. The predicted octanol–water partition coefficient (Wildman–Crippen LogP) is 5.07. The first-order chi connectivity index (χ1) is 14.8. The third kappa shape index (κ3) is 4.79. The maximum Gasteiger partial charge on any atom is 0.245 e. The zero-order valence-corrected chi connectivity index (χ0v) is 20.5. The van der Waals surface area contributed by atoms with Crippen molar-refractivity contribution in [3.8, 4) is 10.6 Å². The molecule has 1 atom stereocenters. The molecule has 12 heteroatoms. The molecule has 1 aliphatic heterocycles. The summed E-state index contributed by atoms with van der Waals surface area (Å²) in [5, 5.41) is 12.1. The van der Waals surface area contributed by atoms with Crippen LogP contribution >= 0.6 is 50.5 Å². The van der Waals surface area contributed by atoms with Crippen LogP contribution in [0.1, 0.15) is 12.8 Å². The molecule has 1 N–H and O–H groups in total. The molecule has 162 valence electrons. The van der Waals surface area contributed by atoms with Crippen molar-refractivity contribution >= 4 is 71.5 Å². The minimum absolute atomic E-state index is 0.0539. The van der Waals surface area contributed by atoms with Crippen molar-refractivity contribution in [1.82, 2.24) is 14.5 Å². The molecule has 2 aromatic carbocycles. The number of carbonyl (C=O) groups excluding carboxylic acids is 1. The van der Waals surface area contributed by atoms with Crippen LogP contribution in [0.2, 0.25) is 10.0 Å². The van der Waals surface area contributed by atoms with E-state index in [-0.39, 0.29) is 21.5 Å². The summed E-state index contributed by atoms with van der Waals surface area (Å²) in [7, 11) is -4.00. The third-order valence-electron chi connectivity index (χ3n) is 4.71. The lowest BCUT2D eigenvalue weighted by Gasteiger charge is -2.23. The number of nitrogens with zero attached hydrogens (tertiary/aromatic N) is 3. The fourth-order valence-corrected chi connectivity index (χ4v) is 6.83. The number of anilines is 1. The highest BCUT2D eigenvalue weighted by molar-refractivity contribution is 9.10. The number of nitrogens with one attached hydrogen (secondary N) is 1. The van der Waals surface area contributed by atoms with Crippen LogP contribution in [-0.4, -0.2) is 41.4 Å². The quantitative estimate of drug-likeness (QED) is 0.469. The van der Waals surface area contributed by atoms with Gasteiger partial charge in [-0.15, -0.1) is 10.2 Å². The van der Waals surface area contributed by atoms with E-state index in [0.29, 0.717) is 23.0 Å². The van der Waals surface area contributed by atoms with Gasteiger partial charge in [-0.25, -0.2) is 8.42 Å². The second-order valence-electron chi connectivity index (χ2n) is 6.76. The molecule has 2 heterocycles. The maximum absolute atomic E-state index is 13.2. The van der Waals surface area contributed by atoms with Crippen LogP contribution in [0, 0.1) is 0 Å². The standard InChI is InChI=1S/C19H15BrCl2N4O3S2/c20-12-4-1-3-11(9-12)18-24-25-19(30-18)23-17(27)15-5-2-8-26(15)31(28,29)16-10-13(21)6-7-14(16)22/h1,3-4,6-7,9-10,15H,2,5,8H2,(H,23,25,27). The first kappa shape index (κ1) is 22.6. The van der Waals surface area contributed by atoms with Crippen molar-refractivity contribution in [3.63, 3.8) is 0 Å². The van der Waals surface area contributed by atoms with Crippen LogP contribution in [-0.2, 0) is 14.8 Å². The molecule has 1 fully saturated rings. The van der Waals surface area contributed by atoms with Crippen LogP contribution in [0.25, 0.3) is 10.6 Å². The molecule has 1 unspecified atom stereocenters. The minimum atomic E-state index is -4.00. The molecular weight excluding hydrogens is 547 g/mol. The van der Waals surface area contributed by atoms with E-state index in [4.69, 9.17) is 23.2 Å². The van der Waals surface area contributed by atoms with Gasteiger partial charge in [0.25, 0.3) is 0 Å². The first-order valence-corrected chi connectivity index (χ1v) is 12.9. The Balaban J connectivity index is 1.54. The molecule has 0 bridgehead atoms. The van der Waals surface area contributed by atoms with Crippen molar-refractivity contribution in [2.75, 3.05) is 11.9 Å². The van der Waals surface area contributed by atoms with Crippen LogP contribution in [0.5, 0.6) is 0 Å². The molecule has 4 rings (SSSR count). The lowest BCUT2D eigenvalue weighted by atomic mass is 10.2. The van der Waals surface area contributed by atoms with Crippen molar-refractivity contribution in [1.29, 1.82) is 0 Å². The average Bonchev–Trinajstić information content (AvgIpc) is 3.40. The van der Waals surface area contributed by atoms with E-state index >= 15 is 0 Å². The van der Waals surface area contributed by atoms with E-state index in [1.807, 2.05) is 24.3 Å². The molecule has 7 nitrogen and oxygen atoms in total. The van der Waals surface area contributed by atoms with Crippen LogP contribution in [0.4, 0.5) is 5.13 Å². The van der Waals surface area contributed by atoms with Crippen LogP contribution in [0.3, 0.4) is 0 Å². The van der Waals surface area contributed by atoms with Gasteiger partial charge in [0.15, 0.2) is 0 Å². The van der Waals surface area contributed by atoms with E-state index in [2.05, 4.69) is 31.4 Å². The Hall–Kier alpha value is -1.56. The van der Waals surface area contributed by atoms with Crippen molar-refractivity contribution in [3.05, 3.63) is 57.0 Å². The lowest BCUT2D eigenvalue weighted by Crippen LogP contribution is -2.43. The lowest BCUT2D eigenvalue weighted by molar-refractivity contribution is -0.119. The van der Waals surface area contributed by atoms with Gasteiger partial charge >= 0.3 is 0 Å². The maximum atomic E-state index is 13.2. The third-order valence-corrected chi connectivity index (χ3v) is 8.72. The SMILES string of the molecule is O=C(Nc1nnc(-c2cccc(Br)c2)s1)C1CCCN1S(=O)(=O)c1cc(Cl)ccc1Cl. The smallest absolute Gasteiger partial charge is 0.245 e. The van der Waals surface area contributed by atoms with Crippen LogP contribution in [0.15, 0.2) is 51.8 Å². The highest BCUT2D eigenvalue weighted by Crippen LogP contribution is 2.33. The molecule has 0 radical (unpaired) electrons. The number of halogens is 3. The molecular formula is C19H15BrCl2N4O3S2. The summed E-state index contributed by atoms with van der Waals surface area (Å²) in [4.78, 5) is 12.8. The summed E-state index contributed by atoms with van der Waals surface area (Å²) >= 11 is 16.7. The molecule has 1 aromatic heterocycles. The Kier molecular flexibility index (Phi) is 6.66. The molecule has 1 aliphatic rings. The molecule has 1 saturated heterocycles. The van der Waals surface area contributed by atoms with Gasteiger partial charge in [-0.05, 0) is 43.2 Å². The zero-order chi connectivity index (χ0) is 22.2. The Morgan fingerprint density at radius 1 is 1.19 bits per heavy atom. The van der Waals surface area contributed by atoms with Gasteiger partial charge in [0, 0.05) is 21.6 Å². The van der Waals surface area contributed by atoms with Gasteiger partial charge in [-0.1, -0.05) is 62.6 Å². The monoisotopic (exact) mass is 560 g/mol. The number of rotatable bonds is 5. The van der Waals surface area contributed by atoms with Crippen molar-refractivity contribution in [2.45, 2.75) is 23.8 Å². The number of amides is 1. The van der Waals surface area contributed by atoms with Gasteiger partial charge in [-0.3, -0.25) is 10.1 Å².